The van der Waals surface area contributed by atoms with Crippen molar-refractivity contribution in [3.63, 3.8) is 0 Å². The quantitative estimate of drug-likeness (QED) is 0.323. The van der Waals surface area contributed by atoms with E-state index in [1.807, 2.05) is 37.4 Å². The third-order valence-corrected chi connectivity index (χ3v) is 3.66. The Kier molecular flexibility index (Phi) is 8.18. The summed E-state index contributed by atoms with van der Waals surface area (Å²) in [5.74, 6) is 1.18. The summed E-state index contributed by atoms with van der Waals surface area (Å²) in [6, 6.07) is 12.2. The minimum Gasteiger partial charge on any atom is -0.357 e. The SMILES string of the molecule is CCNC(=NCc1cccc(F)c1)NCc1ccnc(-n2cccn2)c1.I. The molecule has 0 spiro atoms. The van der Waals surface area contributed by atoms with E-state index in [0.717, 1.165) is 23.5 Å². The summed E-state index contributed by atoms with van der Waals surface area (Å²) < 4.78 is 15.0. The van der Waals surface area contributed by atoms with Gasteiger partial charge in [-0.2, -0.15) is 5.10 Å². The molecule has 1 aromatic carbocycles. The predicted octanol–water partition coefficient (Wildman–Crippen LogP) is 3.28. The fourth-order valence-corrected chi connectivity index (χ4v) is 2.43. The second-order valence-corrected chi connectivity index (χ2v) is 5.65. The van der Waals surface area contributed by atoms with Crippen molar-refractivity contribution in [3.8, 4) is 5.82 Å². The molecule has 142 valence electrons. The molecule has 2 heterocycles. The monoisotopic (exact) mass is 480 g/mol. The van der Waals surface area contributed by atoms with Crippen molar-refractivity contribution in [1.29, 1.82) is 0 Å². The molecule has 3 aromatic rings. The number of pyridine rings is 1. The summed E-state index contributed by atoms with van der Waals surface area (Å²) in [7, 11) is 0. The van der Waals surface area contributed by atoms with Crippen LogP contribution in [0.5, 0.6) is 0 Å². The first kappa shape index (κ1) is 20.8. The number of aliphatic imine (C=N–C) groups is 1. The number of hydrogen-bond donors (Lipinski definition) is 2. The van der Waals surface area contributed by atoms with Crippen LogP contribution in [0.2, 0.25) is 0 Å². The maximum Gasteiger partial charge on any atom is 0.191 e. The second kappa shape index (κ2) is 10.6. The van der Waals surface area contributed by atoms with Crippen molar-refractivity contribution < 1.29 is 4.39 Å². The fourth-order valence-electron chi connectivity index (χ4n) is 2.43. The van der Waals surface area contributed by atoms with E-state index in [1.54, 1.807) is 23.1 Å². The lowest BCUT2D eigenvalue weighted by atomic mass is 10.2. The van der Waals surface area contributed by atoms with Crippen LogP contribution < -0.4 is 10.6 Å². The third-order valence-electron chi connectivity index (χ3n) is 3.66. The van der Waals surface area contributed by atoms with Gasteiger partial charge in [-0.05, 0) is 48.4 Å². The normalized spacial score (nSPS) is 11.0. The molecule has 0 amide bonds. The lowest BCUT2D eigenvalue weighted by molar-refractivity contribution is 0.625. The van der Waals surface area contributed by atoms with Crippen LogP contribution in [0.3, 0.4) is 0 Å². The number of rotatable bonds is 6. The molecule has 0 radical (unpaired) electrons. The number of nitrogens with one attached hydrogen (secondary N) is 2. The van der Waals surface area contributed by atoms with Gasteiger partial charge in [-0.1, -0.05) is 12.1 Å². The van der Waals surface area contributed by atoms with Gasteiger partial charge in [-0.15, -0.1) is 24.0 Å². The summed E-state index contributed by atoms with van der Waals surface area (Å²) in [5, 5.41) is 10.7. The van der Waals surface area contributed by atoms with Crippen molar-refractivity contribution in [2.24, 2.45) is 4.99 Å². The van der Waals surface area contributed by atoms with E-state index >= 15 is 0 Å². The maximum absolute atomic E-state index is 13.3. The molecule has 6 nitrogen and oxygen atoms in total. The first-order valence-electron chi connectivity index (χ1n) is 8.46. The maximum atomic E-state index is 13.3. The number of guanidine groups is 1. The highest BCUT2D eigenvalue weighted by Crippen LogP contribution is 2.07. The van der Waals surface area contributed by atoms with Gasteiger partial charge in [0.25, 0.3) is 0 Å². The van der Waals surface area contributed by atoms with Crippen molar-refractivity contribution in [3.05, 3.63) is 78.0 Å². The zero-order chi connectivity index (χ0) is 18.2. The Morgan fingerprint density at radius 3 is 2.74 bits per heavy atom. The Bertz CT molecular complexity index is 866. The summed E-state index contributed by atoms with van der Waals surface area (Å²) in [5.41, 5.74) is 1.88. The van der Waals surface area contributed by atoms with E-state index in [0.29, 0.717) is 19.0 Å². The first-order chi connectivity index (χ1) is 12.7. The second-order valence-electron chi connectivity index (χ2n) is 5.65. The molecule has 3 rings (SSSR count). The van der Waals surface area contributed by atoms with Gasteiger partial charge in [0, 0.05) is 31.7 Å². The minimum atomic E-state index is -0.251. The molecule has 8 heteroatoms. The van der Waals surface area contributed by atoms with Crippen LogP contribution in [0.1, 0.15) is 18.1 Å². The highest BCUT2D eigenvalue weighted by molar-refractivity contribution is 14.0. The first-order valence-corrected chi connectivity index (χ1v) is 8.46. The average Bonchev–Trinajstić information content (AvgIpc) is 3.19. The van der Waals surface area contributed by atoms with Crippen LogP contribution in [0.25, 0.3) is 5.82 Å². The van der Waals surface area contributed by atoms with Crippen LogP contribution in [0.15, 0.2) is 66.0 Å². The van der Waals surface area contributed by atoms with Gasteiger partial charge in [0.1, 0.15) is 5.82 Å². The van der Waals surface area contributed by atoms with Gasteiger partial charge in [-0.3, -0.25) is 0 Å². The zero-order valence-corrected chi connectivity index (χ0v) is 17.3. The molecule has 0 saturated carbocycles. The van der Waals surface area contributed by atoms with E-state index in [9.17, 15) is 4.39 Å². The Morgan fingerprint density at radius 2 is 2.00 bits per heavy atom. The molecule has 0 aliphatic heterocycles. The molecule has 0 aliphatic rings. The van der Waals surface area contributed by atoms with Crippen LogP contribution in [0, 0.1) is 5.82 Å². The molecule has 0 saturated heterocycles. The van der Waals surface area contributed by atoms with Gasteiger partial charge in [0.2, 0.25) is 0 Å². The van der Waals surface area contributed by atoms with E-state index in [2.05, 4.69) is 25.7 Å². The van der Waals surface area contributed by atoms with E-state index < -0.39 is 0 Å². The highest BCUT2D eigenvalue weighted by Gasteiger charge is 2.02. The van der Waals surface area contributed by atoms with Crippen molar-refractivity contribution in [2.75, 3.05) is 6.54 Å². The van der Waals surface area contributed by atoms with Gasteiger partial charge >= 0.3 is 0 Å². The summed E-state index contributed by atoms with van der Waals surface area (Å²) >= 11 is 0. The predicted molar refractivity (Wildman–Crippen MR) is 115 cm³/mol. The van der Waals surface area contributed by atoms with Crippen LogP contribution in [0.4, 0.5) is 4.39 Å². The molecule has 0 fully saturated rings. The average molecular weight is 480 g/mol. The smallest absolute Gasteiger partial charge is 0.191 e. The largest absolute Gasteiger partial charge is 0.357 e. The fraction of sp³-hybridized carbons (Fsp3) is 0.211. The standard InChI is InChI=1S/C19H21FN6.HI/c1-2-21-19(23-13-15-5-3-6-17(20)11-15)24-14-16-7-9-22-18(12-16)26-10-4-8-25-26;/h3-12H,2,13-14H2,1H3,(H2,21,23,24);1H. The summed E-state index contributed by atoms with van der Waals surface area (Å²) in [6.07, 6.45) is 5.32. The Morgan fingerprint density at radius 1 is 1.11 bits per heavy atom. The molecular weight excluding hydrogens is 458 g/mol. The Hall–Kier alpha value is -2.49. The van der Waals surface area contributed by atoms with Crippen molar-refractivity contribution in [2.45, 2.75) is 20.0 Å². The summed E-state index contributed by atoms with van der Waals surface area (Å²) in [6.45, 7) is 3.74. The number of aromatic nitrogens is 3. The van der Waals surface area contributed by atoms with Gasteiger partial charge in [-0.25, -0.2) is 19.0 Å². The highest BCUT2D eigenvalue weighted by atomic mass is 127. The van der Waals surface area contributed by atoms with Gasteiger partial charge in [0.05, 0.1) is 6.54 Å². The van der Waals surface area contributed by atoms with Crippen LogP contribution >= 0.6 is 24.0 Å². The van der Waals surface area contributed by atoms with Crippen LogP contribution in [-0.2, 0) is 13.1 Å². The summed E-state index contributed by atoms with van der Waals surface area (Å²) in [4.78, 5) is 8.83. The molecule has 2 aromatic heterocycles. The number of hydrogen-bond acceptors (Lipinski definition) is 3. The Labute approximate surface area is 175 Å². The molecule has 0 atom stereocenters. The van der Waals surface area contributed by atoms with Crippen LogP contribution in [-0.4, -0.2) is 27.3 Å². The van der Waals surface area contributed by atoms with Crippen molar-refractivity contribution in [1.82, 2.24) is 25.4 Å². The van der Waals surface area contributed by atoms with E-state index in [1.165, 1.54) is 12.1 Å². The molecule has 27 heavy (non-hydrogen) atoms. The van der Waals surface area contributed by atoms with E-state index in [4.69, 9.17) is 0 Å². The van der Waals surface area contributed by atoms with E-state index in [-0.39, 0.29) is 29.8 Å². The third kappa shape index (κ3) is 6.31. The number of benzene rings is 1. The van der Waals surface area contributed by atoms with Gasteiger partial charge in [0.15, 0.2) is 11.8 Å². The topological polar surface area (TPSA) is 67.1 Å². The molecule has 0 bridgehead atoms. The minimum absolute atomic E-state index is 0. The zero-order valence-electron chi connectivity index (χ0n) is 15.0. The Balaban J connectivity index is 0.00000261. The lowest BCUT2D eigenvalue weighted by Gasteiger charge is -2.12. The number of nitrogens with zero attached hydrogens (tertiary/aromatic N) is 4. The lowest BCUT2D eigenvalue weighted by Crippen LogP contribution is -2.36. The molecule has 2 N–H and O–H groups in total. The van der Waals surface area contributed by atoms with Crippen molar-refractivity contribution >= 4 is 29.9 Å². The van der Waals surface area contributed by atoms with Gasteiger partial charge < -0.3 is 10.6 Å². The molecule has 0 unspecified atom stereocenters. The number of halogens is 2. The molecule has 0 aliphatic carbocycles. The molecular formula is C19H22FIN6.